The highest BCUT2D eigenvalue weighted by Gasteiger charge is 2.00. The second-order valence-electron chi connectivity index (χ2n) is 5.41. The van der Waals surface area contributed by atoms with Crippen LogP contribution in [0.3, 0.4) is 0 Å². The molecule has 0 bridgehead atoms. The van der Waals surface area contributed by atoms with Crippen molar-refractivity contribution in [3.8, 4) is 5.75 Å². The lowest BCUT2D eigenvalue weighted by atomic mass is 10.2. The van der Waals surface area contributed by atoms with Crippen LogP contribution in [0.4, 0.5) is 0 Å². The third kappa shape index (κ3) is 8.08. The van der Waals surface area contributed by atoms with Gasteiger partial charge in [0.15, 0.2) is 0 Å². The maximum Gasteiger partial charge on any atom is 0.119 e. The topological polar surface area (TPSA) is 24.5 Å². The Morgan fingerprint density at radius 2 is 1.90 bits per heavy atom. The molecule has 1 N–H and O–H groups in total. The van der Waals surface area contributed by atoms with Gasteiger partial charge in [-0.2, -0.15) is 0 Å². The van der Waals surface area contributed by atoms with Crippen molar-refractivity contribution in [1.82, 2.24) is 10.2 Å². The summed E-state index contributed by atoms with van der Waals surface area (Å²) in [4.78, 5) is 2.43. The molecule has 3 nitrogen and oxygen atoms in total. The Labute approximate surface area is 130 Å². The van der Waals surface area contributed by atoms with Gasteiger partial charge in [-0.05, 0) is 37.2 Å². The standard InChI is InChI=1S/C18H32N2O/c1-4-7-8-14-21-18-11-9-10-17(15-18)16-19-12-13-20(5-2)6-3/h9-11,15,19H,4-8,12-14,16H2,1-3H3. The van der Waals surface area contributed by atoms with Gasteiger partial charge in [-0.25, -0.2) is 0 Å². The summed E-state index contributed by atoms with van der Waals surface area (Å²) in [6, 6.07) is 8.43. The monoisotopic (exact) mass is 292 g/mol. The molecule has 0 aliphatic carbocycles. The summed E-state index contributed by atoms with van der Waals surface area (Å²) >= 11 is 0. The molecule has 3 heteroatoms. The Bertz CT molecular complexity index is 364. The van der Waals surface area contributed by atoms with E-state index in [0.29, 0.717) is 0 Å². The second-order valence-corrected chi connectivity index (χ2v) is 5.41. The summed E-state index contributed by atoms with van der Waals surface area (Å²) in [5.74, 6) is 0.995. The van der Waals surface area contributed by atoms with Gasteiger partial charge in [0.05, 0.1) is 6.61 Å². The lowest BCUT2D eigenvalue weighted by Crippen LogP contribution is -2.31. The van der Waals surface area contributed by atoms with Crippen molar-refractivity contribution in [1.29, 1.82) is 0 Å². The van der Waals surface area contributed by atoms with Crippen LogP contribution in [0.25, 0.3) is 0 Å². The molecule has 0 radical (unpaired) electrons. The Balaban J connectivity index is 2.25. The molecular formula is C18H32N2O. The molecule has 1 rings (SSSR count). The number of hydrogen-bond acceptors (Lipinski definition) is 3. The fourth-order valence-electron chi connectivity index (χ4n) is 2.30. The fraction of sp³-hybridized carbons (Fsp3) is 0.667. The van der Waals surface area contributed by atoms with Crippen LogP contribution in [0.15, 0.2) is 24.3 Å². The number of rotatable bonds is 12. The summed E-state index contributed by atoms with van der Waals surface area (Å²) in [6.07, 6.45) is 3.62. The molecule has 120 valence electrons. The first kappa shape index (κ1) is 18.0. The first-order valence-corrected chi connectivity index (χ1v) is 8.44. The number of likely N-dealkylation sites (N-methyl/N-ethyl adjacent to an activating group) is 1. The van der Waals surface area contributed by atoms with Crippen molar-refractivity contribution in [2.45, 2.75) is 46.6 Å². The smallest absolute Gasteiger partial charge is 0.119 e. The van der Waals surface area contributed by atoms with E-state index in [9.17, 15) is 0 Å². The van der Waals surface area contributed by atoms with Crippen molar-refractivity contribution in [2.24, 2.45) is 0 Å². The Hall–Kier alpha value is -1.06. The molecule has 0 aromatic heterocycles. The molecule has 0 fully saturated rings. The Morgan fingerprint density at radius 1 is 1.10 bits per heavy atom. The highest BCUT2D eigenvalue weighted by molar-refractivity contribution is 5.28. The highest BCUT2D eigenvalue weighted by atomic mass is 16.5. The largest absolute Gasteiger partial charge is 0.494 e. The molecule has 1 aromatic rings. The average Bonchev–Trinajstić information content (AvgIpc) is 2.52. The van der Waals surface area contributed by atoms with E-state index < -0.39 is 0 Å². The number of nitrogens with zero attached hydrogens (tertiary/aromatic N) is 1. The van der Waals surface area contributed by atoms with Crippen LogP contribution in [-0.2, 0) is 6.54 Å². The summed E-state index contributed by atoms with van der Waals surface area (Å²) in [5.41, 5.74) is 1.29. The number of ether oxygens (including phenoxy) is 1. The van der Waals surface area contributed by atoms with Crippen molar-refractivity contribution < 1.29 is 4.74 Å². The van der Waals surface area contributed by atoms with Gasteiger partial charge in [-0.3, -0.25) is 0 Å². The molecule has 0 heterocycles. The van der Waals surface area contributed by atoms with Crippen molar-refractivity contribution in [3.05, 3.63) is 29.8 Å². The van der Waals surface area contributed by atoms with Gasteiger partial charge >= 0.3 is 0 Å². The van der Waals surface area contributed by atoms with E-state index in [1.807, 2.05) is 6.07 Å². The maximum absolute atomic E-state index is 5.79. The maximum atomic E-state index is 5.79. The number of nitrogens with one attached hydrogen (secondary N) is 1. The van der Waals surface area contributed by atoms with E-state index in [1.54, 1.807) is 0 Å². The molecule has 0 spiro atoms. The first-order valence-electron chi connectivity index (χ1n) is 8.44. The molecule has 1 aromatic carbocycles. The molecule has 0 aliphatic heterocycles. The van der Waals surface area contributed by atoms with Gasteiger partial charge in [0.25, 0.3) is 0 Å². The Kier molecular flexibility index (Phi) is 9.92. The molecule has 0 amide bonds. The van der Waals surface area contributed by atoms with Crippen LogP contribution in [0.5, 0.6) is 5.75 Å². The second kappa shape index (κ2) is 11.6. The molecular weight excluding hydrogens is 260 g/mol. The zero-order valence-electron chi connectivity index (χ0n) is 14.0. The van der Waals surface area contributed by atoms with Gasteiger partial charge in [0, 0.05) is 19.6 Å². The first-order chi connectivity index (χ1) is 10.3. The zero-order valence-corrected chi connectivity index (χ0v) is 14.0. The Morgan fingerprint density at radius 3 is 2.62 bits per heavy atom. The number of benzene rings is 1. The quantitative estimate of drug-likeness (QED) is 0.595. The predicted octanol–water partition coefficient (Wildman–Crippen LogP) is 3.69. The molecule has 0 saturated heterocycles. The third-order valence-corrected chi connectivity index (χ3v) is 3.74. The van der Waals surface area contributed by atoms with E-state index >= 15 is 0 Å². The molecule has 0 unspecified atom stereocenters. The fourth-order valence-corrected chi connectivity index (χ4v) is 2.30. The molecule has 0 atom stereocenters. The summed E-state index contributed by atoms with van der Waals surface area (Å²) < 4.78 is 5.79. The minimum atomic E-state index is 0.826. The lowest BCUT2D eigenvalue weighted by Gasteiger charge is -2.18. The van der Waals surface area contributed by atoms with Gasteiger partial charge < -0.3 is 15.0 Å². The minimum Gasteiger partial charge on any atom is -0.494 e. The zero-order chi connectivity index (χ0) is 15.3. The third-order valence-electron chi connectivity index (χ3n) is 3.74. The van der Waals surface area contributed by atoms with Crippen molar-refractivity contribution in [3.63, 3.8) is 0 Å². The van der Waals surface area contributed by atoms with Gasteiger partial charge in [0.2, 0.25) is 0 Å². The van der Waals surface area contributed by atoms with Crippen LogP contribution in [0, 0.1) is 0 Å². The van der Waals surface area contributed by atoms with Crippen LogP contribution < -0.4 is 10.1 Å². The highest BCUT2D eigenvalue weighted by Crippen LogP contribution is 2.13. The predicted molar refractivity (Wildman–Crippen MR) is 91.0 cm³/mol. The summed E-state index contributed by atoms with van der Waals surface area (Å²) in [5, 5.41) is 3.51. The average molecular weight is 292 g/mol. The van der Waals surface area contributed by atoms with Crippen LogP contribution >= 0.6 is 0 Å². The molecule has 0 aliphatic rings. The molecule has 21 heavy (non-hydrogen) atoms. The van der Waals surface area contributed by atoms with E-state index in [0.717, 1.165) is 51.5 Å². The van der Waals surface area contributed by atoms with E-state index in [1.165, 1.54) is 18.4 Å². The van der Waals surface area contributed by atoms with Crippen LogP contribution in [-0.4, -0.2) is 37.7 Å². The van der Waals surface area contributed by atoms with E-state index in [4.69, 9.17) is 4.74 Å². The van der Waals surface area contributed by atoms with Crippen LogP contribution in [0.1, 0.15) is 45.6 Å². The van der Waals surface area contributed by atoms with Gasteiger partial charge in [0.1, 0.15) is 5.75 Å². The normalized spacial score (nSPS) is 11.0. The number of unbranched alkanes of at least 4 members (excludes halogenated alkanes) is 2. The summed E-state index contributed by atoms with van der Waals surface area (Å²) in [6.45, 7) is 12.8. The van der Waals surface area contributed by atoms with Crippen LogP contribution in [0.2, 0.25) is 0 Å². The van der Waals surface area contributed by atoms with Crippen molar-refractivity contribution >= 4 is 0 Å². The molecule has 0 saturated carbocycles. The van der Waals surface area contributed by atoms with E-state index in [-0.39, 0.29) is 0 Å². The van der Waals surface area contributed by atoms with Gasteiger partial charge in [-0.15, -0.1) is 0 Å². The van der Waals surface area contributed by atoms with E-state index in [2.05, 4.69) is 49.2 Å². The number of hydrogen-bond donors (Lipinski definition) is 1. The minimum absolute atomic E-state index is 0.826. The van der Waals surface area contributed by atoms with Crippen molar-refractivity contribution in [2.75, 3.05) is 32.8 Å². The SMILES string of the molecule is CCCCCOc1cccc(CNCCN(CC)CC)c1. The lowest BCUT2D eigenvalue weighted by molar-refractivity contribution is 0.301. The summed E-state index contributed by atoms with van der Waals surface area (Å²) in [7, 11) is 0. The van der Waals surface area contributed by atoms with Gasteiger partial charge in [-0.1, -0.05) is 45.7 Å².